The van der Waals surface area contributed by atoms with Gasteiger partial charge >= 0.3 is 5.97 Å². The largest absolute Gasteiger partial charge is 0.458 e. The lowest BCUT2D eigenvalue weighted by Crippen LogP contribution is -2.39. The Bertz CT molecular complexity index is 1090. The minimum Gasteiger partial charge on any atom is -0.458 e. The smallest absolute Gasteiger partial charge is 0.328 e. The van der Waals surface area contributed by atoms with Gasteiger partial charge in [0.05, 0.1) is 5.69 Å². The summed E-state index contributed by atoms with van der Waals surface area (Å²) in [6, 6.07) is 10.3. The first-order valence-electron chi connectivity index (χ1n) is 8.55. The fourth-order valence-corrected chi connectivity index (χ4v) is 2.67. The van der Waals surface area contributed by atoms with E-state index >= 15 is 0 Å². The summed E-state index contributed by atoms with van der Waals surface area (Å²) in [7, 11) is 0. The SMILES string of the molecule is Cc1ccc2nc(COC(=O)[C@H](C)NC(=O)c3ccc(Cl)cc3)cc(=O)n2c1. The molecular formula is C20H18ClN3O4. The van der Waals surface area contributed by atoms with Gasteiger partial charge in [-0.05, 0) is 49.7 Å². The number of carbonyl (C=O) groups is 2. The van der Waals surface area contributed by atoms with Gasteiger partial charge in [-0.1, -0.05) is 17.7 Å². The van der Waals surface area contributed by atoms with E-state index in [9.17, 15) is 14.4 Å². The normalized spacial score (nSPS) is 11.8. The first kappa shape index (κ1) is 19.6. The van der Waals surface area contributed by atoms with Gasteiger partial charge in [0.1, 0.15) is 18.3 Å². The van der Waals surface area contributed by atoms with Crippen molar-refractivity contribution in [1.29, 1.82) is 0 Å². The third kappa shape index (κ3) is 4.55. The number of benzene rings is 1. The molecule has 3 rings (SSSR count). The molecule has 144 valence electrons. The predicted molar refractivity (Wildman–Crippen MR) is 104 cm³/mol. The van der Waals surface area contributed by atoms with Gasteiger partial charge in [-0.2, -0.15) is 0 Å². The summed E-state index contributed by atoms with van der Waals surface area (Å²) in [4.78, 5) is 40.8. The second-order valence-corrected chi connectivity index (χ2v) is 6.77. The van der Waals surface area contributed by atoms with Crippen molar-refractivity contribution in [3.8, 4) is 0 Å². The van der Waals surface area contributed by atoms with Crippen LogP contribution in [0.1, 0.15) is 28.5 Å². The van der Waals surface area contributed by atoms with E-state index in [4.69, 9.17) is 16.3 Å². The molecule has 0 fully saturated rings. The lowest BCUT2D eigenvalue weighted by atomic mass is 10.2. The predicted octanol–water partition coefficient (Wildman–Crippen LogP) is 2.52. The zero-order valence-corrected chi connectivity index (χ0v) is 16.1. The molecule has 28 heavy (non-hydrogen) atoms. The van der Waals surface area contributed by atoms with Crippen LogP contribution >= 0.6 is 11.6 Å². The van der Waals surface area contributed by atoms with Gasteiger partial charge in [-0.3, -0.25) is 14.0 Å². The lowest BCUT2D eigenvalue weighted by molar-refractivity contribution is -0.146. The highest BCUT2D eigenvalue weighted by Crippen LogP contribution is 2.10. The molecule has 0 aliphatic heterocycles. The summed E-state index contributed by atoms with van der Waals surface area (Å²) in [5.74, 6) is -1.05. The number of nitrogens with one attached hydrogen (secondary N) is 1. The van der Waals surface area contributed by atoms with E-state index in [1.54, 1.807) is 36.5 Å². The molecule has 8 heteroatoms. The molecule has 0 unspecified atom stereocenters. The number of esters is 1. The van der Waals surface area contributed by atoms with Gasteiger partial charge in [0.25, 0.3) is 11.5 Å². The first-order chi connectivity index (χ1) is 13.3. The van der Waals surface area contributed by atoms with Gasteiger partial charge in [-0.25, -0.2) is 9.78 Å². The number of fused-ring (bicyclic) bond motifs is 1. The topological polar surface area (TPSA) is 89.8 Å². The highest BCUT2D eigenvalue weighted by molar-refractivity contribution is 6.30. The second-order valence-electron chi connectivity index (χ2n) is 6.33. The second kappa shape index (κ2) is 8.22. The number of carbonyl (C=O) groups excluding carboxylic acids is 2. The molecule has 0 saturated carbocycles. The Morgan fingerprint density at radius 3 is 2.64 bits per heavy atom. The maximum Gasteiger partial charge on any atom is 0.328 e. The maximum atomic E-state index is 12.2. The van der Waals surface area contributed by atoms with Crippen molar-refractivity contribution >= 4 is 29.1 Å². The minimum atomic E-state index is -0.868. The van der Waals surface area contributed by atoms with Crippen LogP contribution in [0.4, 0.5) is 0 Å². The molecule has 1 N–H and O–H groups in total. The molecule has 0 aliphatic carbocycles. The van der Waals surface area contributed by atoms with E-state index in [2.05, 4.69) is 10.3 Å². The van der Waals surface area contributed by atoms with Crippen LogP contribution in [0, 0.1) is 6.92 Å². The summed E-state index contributed by atoms with van der Waals surface area (Å²) >= 11 is 5.79. The number of hydrogen-bond acceptors (Lipinski definition) is 5. The van der Waals surface area contributed by atoms with Crippen molar-refractivity contribution in [2.75, 3.05) is 0 Å². The van der Waals surface area contributed by atoms with E-state index < -0.39 is 17.9 Å². The van der Waals surface area contributed by atoms with Crippen molar-refractivity contribution in [2.24, 2.45) is 0 Å². The molecule has 1 aromatic carbocycles. The van der Waals surface area contributed by atoms with Gasteiger partial charge in [0.15, 0.2) is 0 Å². The zero-order chi connectivity index (χ0) is 20.3. The Balaban J connectivity index is 1.62. The summed E-state index contributed by atoms with van der Waals surface area (Å²) < 4.78 is 6.61. The lowest BCUT2D eigenvalue weighted by Gasteiger charge is -2.13. The Morgan fingerprint density at radius 2 is 1.93 bits per heavy atom. The number of aromatic nitrogens is 2. The number of pyridine rings is 1. The Kier molecular flexibility index (Phi) is 5.75. The van der Waals surface area contributed by atoms with Crippen molar-refractivity contribution in [3.63, 3.8) is 0 Å². The van der Waals surface area contributed by atoms with E-state index in [0.717, 1.165) is 5.56 Å². The average molecular weight is 400 g/mol. The number of rotatable bonds is 5. The van der Waals surface area contributed by atoms with Crippen molar-refractivity contribution in [1.82, 2.24) is 14.7 Å². The quantitative estimate of drug-likeness (QED) is 0.666. The molecule has 2 aromatic heterocycles. The van der Waals surface area contributed by atoms with Crippen LogP contribution in [-0.2, 0) is 16.1 Å². The van der Waals surface area contributed by atoms with Crippen LogP contribution < -0.4 is 10.9 Å². The monoisotopic (exact) mass is 399 g/mol. The fourth-order valence-electron chi connectivity index (χ4n) is 2.54. The van der Waals surface area contributed by atoms with Crippen LogP contribution in [-0.4, -0.2) is 27.3 Å². The maximum absolute atomic E-state index is 12.2. The van der Waals surface area contributed by atoms with Crippen LogP contribution in [0.15, 0.2) is 53.5 Å². The molecule has 0 aliphatic rings. The minimum absolute atomic E-state index is 0.167. The Morgan fingerprint density at radius 1 is 1.21 bits per heavy atom. The molecule has 1 atom stereocenters. The van der Waals surface area contributed by atoms with Gasteiger partial charge in [0, 0.05) is 22.8 Å². The van der Waals surface area contributed by atoms with Gasteiger partial charge in [0.2, 0.25) is 0 Å². The standard InChI is InChI=1S/C20H18ClN3O4/c1-12-3-8-17-23-16(9-18(25)24(17)10-12)11-28-20(27)13(2)22-19(26)14-4-6-15(21)7-5-14/h3-10,13H,11H2,1-2H3,(H,22,26)/t13-/m0/s1. The Labute approximate surface area is 165 Å². The molecule has 0 spiro atoms. The third-order valence-corrected chi connectivity index (χ3v) is 4.28. The van der Waals surface area contributed by atoms with E-state index in [0.29, 0.717) is 21.9 Å². The molecule has 0 radical (unpaired) electrons. The van der Waals surface area contributed by atoms with E-state index in [1.165, 1.54) is 17.4 Å². The molecule has 3 aromatic rings. The van der Waals surface area contributed by atoms with Crippen LogP contribution in [0.25, 0.3) is 5.65 Å². The van der Waals surface area contributed by atoms with E-state index in [-0.39, 0.29) is 12.2 Å². The van der Waals surface area contributed by atoms with E-state index in [1.807, 2.05) is 13.0 Å². The fraction of sp³-hybridized carbons (Fsp3) is 0.200. The van der Waals surface area contributed by atoms with Crippen LogP contribution in [0.5, 0.6) is 0 Å². The first-order valence-corrected chi connectivity index (χ1v) is 8.93. The zero-order valence-electron chi connectivity index (χ0n) is 15.3. The van der Waals surface area contributed by atoms with Crippen LogP contribution in [0.2, 0.25) is 5.02 Å². The average Bonchev–Trinajstić information content (AvgIpc) is 2.67. The number of nitrogens with zero attached hydrogens (tertiary/aromatic N) is 2. The van der Waals surface area contributed by atoms with Crippen LogP contribution in [0.3, 0.4) is 0 Å². The highest BCUT2D eigenvalue weighted by atomic mass is 35.5. The summed E-state index contributed by atoms with van der Waals surface area (Å²) in [5, 5.41) is 3.07. The molecular weight excluding hydrogens is 382 g/mol. The molecule has 0 bridgehead atoms. The third-order valence-electron chi connectivity index (χ3n) is 4.03. The van der Waals surface area contributed by atoms with Crippen molar-refractivity contribution in [3.05, 3.63) is 80.9 Å². The highest BCUT2D eigenvalue weighted by Gasteiger charge is 2.18. The Hall–Kier alpha value is -3.19. The van der Waals surface area contributed by atoms with Crippen molar-refractivity contribution in [2.45, 2.75) is 26.5 Å². The number of amides is 1. The number of ether oxygens (including phenoxy) is 1. The summed E-state index contributed by atoms with van der Waals surface area (Å²) in [6.07, 6.45) is 1.69. The summed E-state index contributed by atoms with van der Waals surface area (Å²) in [5.41, 5.74) is 1.85. The molecule has 7 nitrogen and oxygen atoms in total. The molecule has 0 saturated heterocycles. The van der Waals surface area contributed by atoms with Gasteiger partial charge < -0.3 is 10.1 Å². The number of aryl methyl sites for hydroxylation is 1. The van der Waals surface area contributed by atoms with Gasteiger partial charge in [-0.15, -0.1) is 0 Å². The molecule has 1 amide bonds. The summed E-state index contributed by atoms with van der Waals surface area (Å²) in [6.45, 7) is 3.22. The number of halogens is 1. The molecule has 2 heterocycles. The van der Waals surface area contributed by atoms with Crippen molar-refractivity contribution < 1.29 is 14.3 Å². The number of hydrogen-bond donors (Lipinski definition) is 1.